The SMILES string of the molecule is CCOc1cc([C@@H](CS(C)(=O)=O)NC(=O)c2csc(NC(C)=O)c2C(=O)OC)ccc1OC. The van der Waals surface area contributed by atoms with Crippen molar-refractivity contribution in [2.24, 2.45) is 0 Å². The Morgan fingerprint density at radius 2 is 1.85 bits per heavy atom. The molecule has 0 radical (unpaired) electrons. The van der Waals surface area contributed by atoms with E-state index in [1.807, 2.05) is 0 Å². The lowest BCUT2D eigenvalue weighted by atomic mass is 10.1. The third-order valence-electron chi connectivity index (χ3n) is 4.38. The van der Waals surface area contributed by atoms with Crippen LogP contribution in [-0.4, -0.2) is 59.0 Å². The zero-order valence-electron chi connectivity index (χ0n) is 18.9. The van der Waals surface area contributed by atoms with E-state index in [-0.39, 0.29) is 16.1 Å². The summed E-state index contributed by atoms with van der Waals surface area (Å²) in [4.78, 5) is 36.9. The molecule has 0 bridgehead atoms. The van der Waals surface area contributed by atoms with Gasteiger partial charge < -0.3 is 24.8 Å². The highest BCUT2D eigenvalue weighted by atomic mass is 32.2. The van der Waals surface area contributed by atoms with Crippen LogP contribution in [0, 0.1) is 0 Å². The van der Waals surface area contributed by atoms with Gasteiger partial charge >= 0.3 is 5.97 Å². The molecule has 0 aliphatic heterocycles. The standard InChI is InChI=1S/C21H26N2O8S2/c1-6-31-17-9-13(7-8-16(17)29-3)15(11-33(5,27)28)23-19(25)14-10-32-20(22-12(2)24)18(14)21(26)30-4/h7-10,15H,6,11H2,1-5H3,(H,22,24)(H,23,25)/t15-/m1/s1. The topological polar surface area (TPSA) is 137 Å². The second-order valence-electron chi connectivity index (χ2n) is 6.99. The highest BCUT2D eigenvalue weighted by Gasteiger charge is 2.28. The largest absolute Gasteiger partial charge is 0.493 e. The molecule has 33 heavy (non-hydrogen) atoms. The maximum atomic E-state index is 13.1. The van der Waals surface area contributed by atoms with Crippen LogP contribution in [0.5, 0.6) is 11.5 Å². The number of hydrogen-bond acceptors (Lipinski definition) is 9. The van der Waals surface area contributed by atoms with Crippen LogP contribution in [0.3, 0.4) is 0 Å². The van der Waals surface area contributed by atoms with Gasteiger partial charge in [0.05, 0.1) is 38.2 Å². The van der Waals surface area contributed by atoms with Gasteiger partial charge in [-0.2, -0.15) is 0 Å². The molecule has 12 heteroatoms. The number of hydrogen-bond donors (Lipinski definition) is 2. The summed E-state index contributed by atoms with van der Waals surface area (Å²) < 4.78 is 39.7. The predicted molar refractivity (Wildman–Crippen MR) is 124 cm³/mol. The first-order valence-corrected chi connectivity index (χ1v) is 12.7. The molecule has 0 saturated heterocycles. The molecule has 10 nitrogen and oxygen atoms in total. The van der Waals surface area contributed by atoms with Gasteiger partial charge in [-0.3, -0.25) is 9.59 Å². The lowest BCUT2D eigenvalue weighted by Gasteiger charge is -2.20. The average molecular weight is 499 g/mol. The second-order valence-corrected chi connectivity index (χ2v) is 10.1. The van der Waals surface area contributed by atoms with Crippen LogP contribution >= 0.6 is 11.3 Å². The molecule has 1 aromatic carbocycles. The maximum absolute atomic E-state index is 13.1. The third-order valence-corrected chi connectivity index (χ3v) is 6.21. The molecule has 1 aromatic heterocycles. The van der Waals surface area contributed by atoms with Crippen molar-refractivity contribution in [1.82, 2.24) is 5.32 Å². The molecule has 2 N–H and O–H groups in total. The van der Waals surface area contributed by atoms with Crippen molar-refractivity contribution >= 4 is 44.0 Å². The molecule has 2 amide bonds. The molecule has 180 valence electrons. The summed E-state index contributed by atoms with van der Waals surface area (Å²) in [6, 6.07) is 3.87. The fourth-order valence-corrected chi connectivity index (χ4v) is 4.88. The van der Waals surface area contributed by atoms with Crippen LogP contribution in [0.2, 0.25) is 0 Å². The van der Waals surface area contributed by atoms with Crippen LogP contribution in [0.4, 0.5) is 5.00 Å². The predicted octanol–water partition coefficient (Wildman–Crippen LogP) is 2.42. The number of amides is 2. The van der Waals surface area contributed by atoms with Gasteiger partial charge in [0.2, 0.25) is 5.91 Å². The number of carbonyl (C=O) groups is 3. The van der Waals surface area contributed by atoms with Crippen LogP contribution in [0.15, 0.2) is 23.6 Å². The van der Waals surface area contributed by atoms with Crippen molar-refractivity contribution in [2.45, 2.75) is 19.9 Å². The number of thiophene rings is 1. The van der Waals surface area contributed by atoms with Crippen molar-refractivity contribution in [3.8, 4) is 11.5 Å². The Balaban J connectivity index is 2.47. The van der Waals surface area contributed by atoms with Gasteiger partial charge in [-0.25, -0.2) is 13.2 Å². The van der Waals surface area contributed by atoms with Crippen LogP contribution < -0.4 is 20.1 Å². The van der Waals surface area contributed by atoms with E-state index in [2.05, 4.69) is 10.6 Å². The van der Waals surface area contributed by atoms with E-state index in [0.29, 0.717) is 23.7 Å². The molecule has 1 heterocycles. The first-order valence-electron chi connectivity index (χ1n) is 9.77. The summed E-state index contributed by atoms with van der Waals surface area (Å²) in [5.41, 5.74) is 0.306. The van der Waals surface area contributed by atoms with Crippen molar-refractivity contribution < 1.29 is 37.0 Å². The first-order chi connectivity index (χ1) is 15.5. The van der Waals surface area contributed by atoms with E-state index in [0.717, 1.165) is 24.7 Å². The Kier molecular flexibility index (Phi) is 8.83. The van der Waals surface area contributed by atoms with E-state index < -0.39 is 39.4 Å². The van der Waals surface area contributed by atoms with Gasteiger partial charge in [-0.05, 0) is 24.6 Å². The number of sulfone groups is 1. The number of esters is 1. The minimum Gasteiger partial charge on any atom is -0.493 e. The quantitative estimate of drug-likeness (QED) is 0.477. The van der Waals surface area contributed by atoms with Gasteiger partial charge in [0.25, 0.3) is 5.91 Å². The van der Waals surface area contributed by atoms with Crippen molar-refractivity contribution in [3.63, 3.8) is 0 Å². The van der Waals surface area contributed by atoms with Gasteiger partial charge in [0.1, 0.15) is 20.4 Å². The van der Waals surface area contributed by atoms with Crippen molar-refractivity contribution in [3.05, 3.63) is 40.3 Å². The van der Waals surface area contributed by atoms with Crippen LogP contribution in [-0.2, 0) is 19.4 Å². The number of benzene rings is 1. The minimum atomic E-state index is -3.51. The van der Waals surface area contributed by atoms with E-state index in [1.165, 1.54) is 19.4 Å². The summed E-state index contributed by atoms with van der Waals surface area (Å²) in [5.74, 6) is -1.49. The van der Waals surface area contributed by atoms with E-state index in [1.54, 1.807) is 25.1 Å². The van der Waals surface area contributed by atoms with Gasteiger partial charge in [-0.1, -0.05) is 6.07 Å². The highest BCUT2D eigenvalue weighted by molar-refractivity contribution is 7.90. The van der Waals surface area contributed by atoms with Crippen LogP contribution in [0.1, 0.15) is 46.2 Å². The monoisotopic (exact) mass is 498 g/mol. The average Bonchev–Trinajstić information content (AvgIpc) is 3.14. The Hall–Kier alpha value is -3.12. The molecular weight excluding hydrogens is 472 g/mol. The molecule has 0 unspecified atom stereocenters. The zero-order valence-corrected chi connectivity index (χ0v) is 20.5. The Morgan fingerprint density at radius 1 is 1.15 bits per heavy atom. The number of nitrogens with one attached hydrogen (secondary N) is 2. The molecule has 0 aliphatic carbocycles. The minimum absolute atomic E-state index is 0.0485. The summed E-state index contributed by atoms with van der Waals surface area (Å²) in [6.45, 7) is 3.41. The number of anilines is 1. The van der Waals surface area contributed by atoms with Gasteiger partial charge in [-0.15, -0.1) is 11.3 Å². The highest BCUT2D eigenvalue weighted by Crippen LogP contribution is 2.32. The van der Waals surface area contributed by atoms with Gasteiger partial charge in [0, 0.05) is 18.6 Å². The second kappa shape index (κ2) is 11.1. The number of rotatable bonds is 10. The van der Waals surface area contributed by atoms with Crippen molar-refractivity contribution in [1.29, 1.82) is 0 Å². The Morgan fingerprint density at radius 3 is 2.39 bits per heavy atom. The Labute approximate surface area is 196 Å². The molecule has 0 spiro atoms. The van der Waals surface area contributed by atoms with Crippen molar-refractivity contribution in [2.75, 3.05) is 38.2 Å². The molecule has 2 aromatic rings. The number of methoxy groups -OCH3 is 2. The number of ether oxygens (including phenoxy) is 3. The first kappa shape index (κ1) is 26.1. The summed E-state index contributed by atoms with van der Waals surface area (Å²) in [6.07, 6.45) is 1.05. The summed E-state index contributed by atoms with van der Waals surface area (Å²) >= 11 is 0.978. The van der Waals surface area contributed by atoms with E-state index in [4.69, 9.17) is 14.2 Å². The van der Waals surface area contributed by atoms with Crippen LogP contribution in [0.25, 0.3) is 0 Å². The fourth-order valence-electron chi connectivity index (χ4n) is 3.02. The molecule has 0 fully saturated rings. The number of carbonyl (C=O) groups excluding carboxylic acids is 3. The lowest BCUT2D eigenvalue weighted by Crippen LogP contribution is -2.33. The van der Waals surface area contributed by atoms with Gasteiger partial charge in [0.15, 0.2) is 11.5 Å². The maximum Gasteiger partial charge on any atom is 0.341 e. The smallest absolute Gasteiger partial charge is 0.341 e. The van der Waals surface area contributed by atoms with E-state index in [9.17, 15) is 22.8 Å². The third kappa shape index (κ3) is 6.93. The Bertz CT molecular complexity index is 1140. The fraction of sp³-hybridized carbons (Fsp3) is 0.381. The molecule has 2 rings (SSSR count). The molecule has 1 atom stereocenters. The normalized spacial score (nSPS) is 11.9. The summed E-state index contributed by atoms with van der Waals surface area (Å²) in [5, 5.41) is 6.71. The molecule has 0 aliphatic rings. The van der Waals surface area contributed by atoms with E-state index >= 15 is 0 Å². The lowest BCUT2D eigenvalue weighted by molar-refractivity contribution is -0.114. The molecular formula is C21H26N2O8S2. The summed E-state index contributed by atoms with van der Waals surface area (Å²) in [7, 11) is -0.887. The zero-order chi connectivity index (χ0) is 24.8. The molecule has 0 saturated carbocycles.